The molecule has 1 aliphatic heterocycles. The molecule has 1 amide bonds. The van der Waals surface area contributed by atoms with Crippen LogP contribution in [0.2, 0.25) is 0 Å². The van der Waals surface area contributed by atoms with E-state index in [1.165, 1.54) is 0 Å². The molecule has 1 aliphatic rings. The van der Waals surface area contributed by atoms with Gasteiger partial charge in [0.1, 0.15) is 0 Å². The van der Waals surface area contributed by atoms with Gasteiger partial charge in [-0.15, -0.1) is 0 Å². The Morgan fingerprint density at radius 1 is 1.35 bits per heavy atom. The van der Waals surface area contributed by atoms with E-state index in [1.807, 2.05) is 31.2 Å². The van der Waals surface area contributed by atoms with Crippen molar-refractivity contribution in [3.63, 3.8) is 0 Å². The van der Waals surface area contributed by atoms with Crippen LogP contribution in [0.15, 0.2) is 28.7 Å². The lowest BCUT2D eigenvalue weighted by atomic mass is 10.1. The molecule has 2 rings (SSSR count). The second-order valence-electron chi connectivity index (χ2n) is 5.04. The van der Waals surface area contributed by atoms with E-state index < -0.39 is 0 Å². The van der Waals surface area contributed by atoms with Crippen LogP contribution in [0.3, 0.4) is 0 Å². The average Bonchev–Trinajstić information content (AvgIpc) is 2.47. The number of nitrogens with one attached hydrogen (secondary N) is 1. The Labute approximate surface area is 128 Å². The Hall–Kier alpha value is -0.910. The molecule has 5 heteroatoms. The molecule has 20 heavy (non-hydrogen) atoms. The molecule has 0 spiro atoms. The molecule has 1 N–H and O–H groups in total. The highest BCUT2D eigenvalue weighted by atomic mass is 79.9. The summed E-state index contributed by atoms with van der Waals surface area (Å²) in [4.78, 5) is 14.2. The van der Waals surface area contributed by atoms with Crippen LogP contribution < -0.4 is 5.32 Å². The van der Waals surface area contributed by atoms with Crippen LogP contribution in [-0.4, -0.2) is 43.7 Å². The van der Waals surface area contributed by atoms with Gasteiger partial charge in [0.25, 0.3) is 0 Å². The highest BCUT2D eigenvalue weighted by Crippen LogP contribution is 2.16. The molecule has 0 aromatic heterocycles. The van der Waals surface area contributed by atoms with Gasteiger partial charge < -0.3 is 10.1 Å². The van der Waals surface area contributed by atoms with Gasteiger partial charge in [-0.1, -0.05) is 28.1 Å². The van der Waals surface area contributed by atoms with E-state index in [0.29, 0.717) is 6.42 Å². The van der Waals surface area contributed by atoms with Crippen molar-refractivity contribution in [2.24, 2.45) is 0 Å². The number of rotatable bonds is 5. The fourth-order valence-electron chi connectivity index (χ4n) is 2.23. The molecule has 1 aromatic rings. The summed E-state index contributed by atoms with van der Waals surface area (Å²) in [5, 5.41) is 3.04. The van der Waals surface area contributed by atoms with Crippen LogP contribution in [0.5, 0.6) is 0 Å². The SMILES string of the molecule is C[C@@H](NC(=O)CCN1CCOCC1)c1ccc(Br)cc1. The molecule has 1 saturated heterocycles. The Bertz CT molecular complexity index is 430. The van der Waals surface area contributed by atoms with E-state index in [4.69, 9.17) is 4.74 Å². The molecule has 0 bridgehead atoms. The molecule has 0 saturated carbocycles. The molecule has 4 nitrogen and oxygen atoms in total. The number of halogens is 1. The number of carbonyl (C=O) groups excluding carboxylic acids is 1. The zero-order valence-electron chi connectivity index (χ0n) is 11.8. The first kappa shape index (κ1) is 15.5. The first-order valence-electron chi connectivity index (χ1n) is 7.00. The van der Waals surface area contributed by atoms with Crippen LogP contribution in [0, 0.1) is 0 Å². The maximum atomic E-state index is 12.0. The minimum Gasteiger partial charge on any atom is -0.379 e. The van der Waals surface area contributed by atoms with Crippen LogP contribution in [0.25, 0.3) is 0 Å². The molecule has 1 aromatic carbocycles. The van der Waals surface area contributed by atoms with Gasteiger partial charge in [-0.25, -0.2) is 0 Å². The van der Waals surface area contributed by atoms with E-state index in [2.05, 4.69) is 26.1 Å². The molecule has 0 aliphatic carbocycles. The summed E-state index contributed by atoms with van der Waals surface area (Å²) >= 11 is 3.41. The lowest BCUT2D eigenvalue weighted by Gasteiger charge is -2.26. The van der Waals surface area contributed by atoms with Crippen molar-refractivity contribution in [3.05, 3.63) is 34.3 Å². The van der Waals surface area contributed by atoms with Gasteiger partial charge in [-0.2, -0.15) is 0 Å². The molecule has 0 radical (unpaired) electrons. The third kappa shape index (κ3) is 4.89. The first-order valence-corrected chi connectivity index (χ1v) is 7.79. The molecule has 1 atom stereocenters. The number of morpholine rings is 1. The average molecular weight is 341 g/mol. The van der Waals surface area contributed by atoms with Crippen LogP contribution >= 0.6 is 15.9 Å². The molecule has 1 heterocycles. The summed E-state index contributed by atoms with van der Waals surface area (Å²) in [6.45, 7) is 6.22. The summed E-state index contributed by atoms with van der Waals surface area (Å²) in [5.41, 5.74) is 1.12. The summed E-state index contributed by atoms with van der Waals surface area (Å²) in [6, 6.07) is 8.08. The van der Waals surface area contributed by atoms with Crippen molar-refractivity contribution in [1.82, 2.24) is 10.2 Å². The van der Waals surface area contributed by atoms with E-state index in [9.17, 15) is 4.79 Å². The third-order valence-corrected chi connectivity index (χ3v) is 4.03. The molecule has 110 valence electrons. The second-order valence-corrected chi connectivity index (χ2v) is 5.96. The maximum Gasteiger partial charge on any atom is 0.221 e. The number of ether oxygens (including phenoxy) is 1. The molecular formula is C15H21BrN2O2. The summed E-state index contributed by atoms with van der Waals surface area (Å²) in [6.07, 6.45) is 0.543. The van der Waals surface area contributed by atoms with Crippen molar-refractivity contribution in [3.8, 4) is 0 Å². The predicted octanol–water partition coefficient (Wildman–Crippen LogP) is 2.35. The summed E-state index contributed by atoms with van der Waals surface area (Å²) in [7, 11) is 0. The second kappa shape index (κ2) is 7.76. The van der Waals surface area contributed by atoms with Crippen molar-refractivity contribution in [2.75, 3.05) is 32.8 Å². The van der Waals surface area contributed by atoms with Crippen LogP contribution in [0.4, 0.5) is 0 Å². The number of hydrogen-bond donors (Lipinski definition) is 1. The quantitative estimate of drug-likeness (QED) is 0.894. The van der Waals surface area contributed by atoms with E-state index in [0.717, 1.165) is 42.9 Å². The van der Waals surface area contributed by atoms with Crippen molar-refractivity contribution in [2.45, 2.75) is 19.4 Å². The van der Waals surface area contributed by atoms with E-state index in [-0.39, 0.29) is 11.9 Å². The standard InChI is InChI=1S/C15H21BrN2O2/c1-12(13-2-4-14(16)5-3-13)17-15(19)6-7-18-8-10-20-11-9-18/h2-5,12H,6-11H2,1H3,(H,17,19)/t12-/m1/s1. The van der Waals surface area contributed by atoms with Gasteiger partial charge in [0.05, 0.1) is 19.3 Å². The lowest BCUT2D eigenvalue weighted by Crippen LogP contribution is -2.39. The van der Waals surface area contributed by atoms with Crippen LogP contribution in [0.1, 0.15) is 24.9 Å². The molecule has 1 fully saturated rings. The molecule has 0 unspecified atom stereocenters. The smallest absolute Gasteiger partial charge is 0.221 e. The van der Waals surface area contributed by atoms with Crippen LogP contribution in [-0.2, 0) is 9.53 Å². The Kier molecular flexibility index (Phi) is 6.01. The number of nitrogens with zero attached hydrogens (tertiary/aromatic N) is 1. The summed E-state index contributed by atoms with van der Waals surface area (Å²) in [5.74, 6) is 0.104. The van der Waals surface area contributed by atoms with E-state index in [1.54, 1.807) is 0 Å². The van der Waals surface area contributed by atoms with Crippen molar-refractivity contribution >= 4 is 21.8 Å². The zero-order valence-corrected chi connectivity index (χ0v) is 13.4. The minimum absolute atomic E-state index is 0.0419. The van der Waals surface area contributed by atoms with E-state index >= 15 is 0 Å². The molecular weight excluding hydrogens is 320 g/mol. The third-order valence-electron chi connectivity index (χ3n) is 3.51. The fourth-order valence-corrected chi connectivity index (χ4v) is 2.50. The highest BCUT2D eigenvalue weighted by Gasteiger charge is 2.13. The first-order chi connectivity index (χ1) is 9.65. The highest BCUT2D eigenvalue weighted by molar-refractivity contribution is 9.10. The maximum absolute atomic E-state index is 12.0. The van der Waals surface area contributed by atoms with Crippen molar-refractivity contribution < 1.29 is 9.53 Å². The predicted molar refractivity (Wildman–Crippen MR) is 82.6 cm³/mol. The Morgan fingerprint density at radius 2 is 2.00 bits per heavy atom. The van der Waals surface area contributed by atoms with Gasteiger partial charge in [-0.3, -0.25) is 9.69 Å². The monoisotopic (exact) mass is 340 g/mol. The topological polar surface area (TPSA) is 41.6 Å². The van der Waals surface area contributed by atoms with Gasteiger partial charge in [0.2, 0.25) is 5.91 Å². The Morgan fingerprint density at radius 3 is 2.65 bits per heavy atom. The van der Waals surface area contributed by atoms with Gasteiger partial charge in [0, 0.05) is 30.5 Å². The number of carbonyl (C=O) groups is 1. The lowest BCUT2D eigenvalue weighted by molar-refractivity contribution is -0.122. The largest absolute Gasteiger partial charge is 0.379 e. The number of amides is 1. The Balaban J connectivity index is 1.74. The van der Waals surface area contributed by atoms with Gasteiger partial charge >= 0.3 is 0 Å². The minimum atomic E-state index is 0.0419. The van der Waals surface area contributed by atoms with Crippen molar-refractivity contribution in [1.29, 1.82) is 0 Å². The number of hydrogen-bond acceptors (Lipinski definition) is 3. The van der Waals surface area contributed by atoms with Gasteiger partial charge in [0.15, 0.2) is 0 Å². The summed E-state index contributed by atoms with van der Waals surface area (Å²) < 4.78 is 6.34. The van der Waals surface area contributed by atoms with Gasteiger partial charge in [-0.05, 0) is 24.6 Å². The fraction of sp³-hybridized carbons (Fsp3) is 0.533. The zero-order chi connectivity index (χ0) is 14.4. The normalized spacial score (nSPS) is 17.7. The number of benzene rings is 1.